The fraction of sp³-hybridized carbons (Fsp3) is 0.318. The molecule has 31 heavy (non-hydrogen) atoms. The number of rotatable bonds is 5. The number of anilines is 3. The second-order valence-corrected chi connectivity index (χ2v) is 7.91. The van der Waals surface area contributed by atoms with Crippen LogP contribution in [-0.4, -0.2) is 21.0 Å². The minimum Gasteiger partial charge on any atom is -0.351 e. The van der Waals surface area contributed by atoms with Gasteiger partial charge in [-0.05, 0) is 43.2 Å². The van der Waals surface area contributed by atoms with Crippen LogP contribution in [0.25, 0.3) is 11.3 Å². The number of hydrogen-bond acceptors (Lipinski definition) is 5. The molecule has 4 rings (SSSR count). The van der Waals surface area contributed by atoms with Gasteiger partial charge in [-0.25, -0.2) is 4.98 Å². The van der Waals surface area contributed by atoms with Gasteiger partial charge in [-0.2, -0.15) is 18.2 Å². The Morgan fingerprint density at radius 3 is 2.52 bits per heavy atom. The molecule has 5 nitrogen and oxygen atoms in total. The monoisotopic (exact) mass is 447 g/mol. The number of alkyl halides is 3. The molecular formula is C22H21ClF3N5. The van der Waals surface area contributed by atoms with Gasteiger partial charge in [0.1, 0.15) is 5.82 Å². The van der Waals surface area contributed by atoms with E-state index in [4.69, 9.17) is 11.6 Å². The van der Waals surface area contributed by atoms with Gasteiger partial charge in [0.15, 0.2) is 0 Å². The third-order valence-corrected chi connectivity index (χ3v) is 5.50. The van der Waals surface area contributed by atoms with Gasteiger partial charge in [-0.15, -0.1) is 0 Å². The van der Waals surface area contributed by atoms with Gasteiger partial charge in [0.2, 0.25) is 5.95 Å². The summed E-state index contributed by atoms with van der Waals surface area (Å²) in [5, 5.41) is 5.99. The molecule has 1 fully saturated rings. The lowest BCUT2D eigenvalue weighted by Gasteiger charge is -2.23. The molecule has 162 valence electrons. The third kappa shape index (κ3) is 5.44. The zero-order valence-electron chi connectivity index (χ0n) is 16.6. The number of hydrogen-bond donors (Lipinski definition) is 2. The van der Waals surface area contributed by atoms with Crippen LogP contribution in [0.15, 0.2) is 48.8 Å². The van der Waals surface area contributed by atoms with Gasteiger partial charge in [0.25, 0.3) is 0 Å². The Labute approximate surface area is 183 Å². The maximum absolute atomic E-state index is 13.2. The van der Waals surface area contributed by atoms with Crippen molar-refractivity contribution in [2.24, 2.45) is 0 Å². The summed E-state index contributed by atoms with van der Waals surface area (Å²) in [5.74, 6) is 0.809. The molecule has 0 radical (unpaired) electrons. The average Bonchev–Trinajstić information content (AvgIpc) is 2.75. The van der Waals surface area contributed by atoms with Crippen molar-refractivity contribution in [3.05, 3.63) is 59.4 Å². The molecular weight excluding hydrogens is 427 g/mol. The van der Waals surface area contributed by atoms with Crippen LogP contribution in [0.4, 0.5) is 30.6 Å². The molecule has 1 aliphatic carbocycles. The molecule has 1 saturated carbocycles. The summed E-state index contributed by atoms with van der Waals surface area (Å²) >= 11 is 5.73. The van der Waals surface area contributed by atoms with Crippen molar-refractivity contribution in [1.82, 2.24) is 15.0 Å². The predicted octanol–water partition coefficient (Wildman–Crippen LogP) is 6.70. The van der Waals surface area contributed by atoms with Crippen molar-refractivity contribution in [3.63, 3.8) is 0 Å². The van der Waals surface area contributed by atoms with Crippen LogP contribution in [0.3, 0.4) is 0 Å². The Bertz CT molecular complexity index is 1040. The van der Waals surface area contributed by atoms with Crippen molar-refractivity contribution >= 4 is 29.1 Å². The average molecular weight is 448 g/mol. The molecule has 2 N–H and O–H groups in total. The highest BCUT2D eigenvalue weighted by molar-refractivity contribution is 6.31. The molecule has 0 saturated heterocycles. The molecule has 3 aromatic rings. The Balaban J connectivity index is 1.67. The highest BCUT2D eigenvalue weighted by atomic mass is 35.5. The minimum atomic E-state index is -4.55. The lowest BCUT2D eigenvalue weighted by molar-refractivity contribution is -0.137. The Morgan fingerprint density at radius 1 is 1.00 bits per heavy atom. The zero-order chi connectivity index (χ0) is 21.8. The van der Waals surface area contributed by atoms with Crippen molar-refractivity contribution in [1.29, 1.82) is 0 Å². The molecule has 1 aliphatic rings. The van der Waals surface area contributed by atoms with E-state index in [1.165, 1.54) is 18.6 Å². The van der Waals surface area contributed by atoms with E-state index in [2.05, 4.69) is 25.6 Å². The summed E-state index contributed by atoms with van der Waals surface area (Å²) in [6, 6.07) is 9.31. The summed E-state index contributed by atoms with van der Waals surface area (Å²) in [6.07, 6.45) is 4.39. The maximum atomic E-state index is 13.2. The second kappa shape index (κ2) is 9.09. The van der Waals surface area contributed by atoms with Gasteiger partial charge in [0, 0.05) is 35.8 Å². The third-order valence-electron chi connectivity index (χ3n) is 5.17. The lowest BCUT2D eigenvalue weighted by Crippen LogP contribution is -2.23. The van der Waals surface area contributed by atoms with Gasteiger partial charge >= 0.3 is 6.18 Å². The van der Waals surface area contributed by atoms with Crippen molar-refractivity contribution in [2.75, 3.05) is 10.6 Å². The minimum absolute atomic E-state index is 0.233. The number of nitrogens with one attached hydrogen (secondary N) is 2. The summed E-state index contributed by atoms with van der Waals surface area (Å²) in [7, 11) is 0. The molecule has 1 aromatic carbocycles. The van der Waals surface area contributed by atoms with Crippen LogP contribution >= 0.6 is 11.6 Å². The SMILES string of the molecule is FC(F)(F)c1cc(Nc2cc(-c3cccnc3)nc(NC3CCCCC3)n2)ccc1Cl. The largest absolute Gasteiger partial charge is 0.417 e. The first-order chi connectivity index (χ1) is 14.9. The normalized spacial score (nSPS) is 15.0. The quantitative estimate of drug-likeness (QED) is 0.455. The Kier molecular flexibility index (Phi) is 6.27. The van der Waals surface area contributed by atoms with E-state index in [1.54, 1.807) is 24.5 Å². The number of pyridine rings is 1. The molecule has 0 amide bonds. The van der Waals surface area contributed by atoms with Gasteiger partial charge in [0.05, 0.1) is 16.3 Å². The maximum Gasteiger partial charge on any atom is 0.417 e. The molecule has 2 aromatic heterocycles. The smallest absolute Gasteiger partial charge is 0.351 e. The highest BCUT2D eigenvalue weighted by Gasteiger charge is 2.33. The Hall–Kier alpha value is -2.87. The van der Waals surface area contributed by atoms with Crippen LogP contribution in [0.1, 0.15) is 37.7 Å². The molecule has 2 heterocycles. The first-order valence-electron chi connectivity index (χ1n) is 10.1. The fourth-order valence-electron chi connectivity index (χ4n) is 3.64. The molecule has 0 spiro atoms. The molecule has 0 aliphatic heterocycles. The van der Waals surface area contributed by atoms with E-state index in [9.17, 15) is 13.2 Å². The molecule has 9 heteroatoms. The zero-order valence-corrected chi connectivity index (χ0v) is 17.3. The van der Waals surface area contributed by atoms with Crippen molar-refractivity contribution in [3.8, 4) is 11.3 Å². The van der Waals surface area contributed by atoms with E-state index in [0.29, 0.717) is 17.5 Å². The highest BCUT2D eigenvalue weighted by Crippen LogP contribution is 2.37. The number of benzene rings is 1. The van der Waals surface area contributed by atoms with E-state index in [-0.39, 0.29) is 16.8 Å². The fourth-order valence-corrected chi connectivity index (χ4v) is 3.86. The van der Waals surface area contributed by atoms with Gasteiger partial charge < -0.3 is 10.6 Å². The van der Waals surface area contributed by atoms with Crippen LogP contribution in [0.5, 0.6) is 0 Å². The van der Waals surface area contributed by atoms with Crippen molar-refractivity contribution in [2.45, 2.75) is 44.3 Å². The van der Waals surface area contributed by atoms with Crippen LogP contribution in [0.2, 0.25) is 5.02 Å². The topological polar surface area (TPSA) is 62.7 Å². The number of nitrogens with zero attached hydrogens (tertiary/aromatic N) is 3. The number of halogens is 4. The molecule has 0 unspecified atom stereocenters. The van der Waals surface area contributed by atoms with Gasteiger partial charge in [-0.3, -0.25) is 4.98 Å². The van der Waals surface area contributed by atoms with E-state index < -0.39 is 11.7 Å². The van der Waals surface area contributed by atoms with Crippen molar-refractivity contribution < 1.29 is 13.2 Å². The van der Waals surface area contributed by atoms with Gasteiger partial charge in [-0.1, -0.05) is 30.9 Å². The van der Waals surface area contributed by atoms with Crippen LogP contribution in [-0.2, 0) is 6.18 Å². The molecule has 0 bridgehead atoms. The van der Waals surface area contributed by atoms with Crippen LogP contribution in [0, 0.1) is 0 Å². The summed E-state index contributed by atoms with van der Waals surface area (Å²) < 4.78 is 39.7. The first-order valence-corrected chi connectivity index (χ1v) is 10.5. The second-order valence-electron chi connectivity index (χ2n) is 7.50. The van der Waals surface area contributed by atoms with E-state index >= 15 is 0 Å². The van der Waals surface area contributed by atoms with Crippen LogP contribution < -0.4 is 10.6 Å². The Morgan fingerprint density at radius 2 is 1.81 bits per heavy atom. The van der Waals surface area contributed by atoms with E-state index in [0.717, 1.165) is 37.3 Å². The summed E-state index contributed by atoms with van der Waals surface area (Å²) in [4.78, 5) is 13.2. The summed E-state index contributed by atoms with van der Waals surface area (Å²) in [6.45, 7) is 0. The van der Waals surface area contributed by atoms with E-state index in [1.807, 2.05) is 6.07 Å². The standard InChI is InChI=1S/C22H21ClF3N5/c23-18-9-8-16(11-17(18)22(24,25)26)28-20-12-19(14-5-4-10-27-13-14)30-21(31-20)29-15-6-2-1-3-7-15/h4-5,8-13,15H,1-3,6-7H2,(H2,28,29,30,31). The molecule has 0 atom stereocenters. The predicted molar refractivity (Wildman–Crippen MR) is 115 cm³/mol. The number of aromatic nitrogens is 3. The lowest BCUT2D eigenvalue weighted by atomic mass is 9.96. The first kappa shape index (κ1) is 21.4. The summed E-state index contributed by atoms with van der Waals surface area (Å²) in [5.41, 5.74) is 0.734.